The average Bonchev–Trinajstić information content (AvgIpc) is 2.41. The van der Waals surface area contributed by atoms with Crippen molar-refractivity contribution in [1.82, 2.24) is 20.7 Å². The van der Waals surface area contributed by atoms with Crippen molar-refractivity contribution >= 4 is 0 Å². The maximum atomic E-state index is 3.89. The van der Waals surface area contributed by atoms with Gasteiger partial charge >= 0.3 is 0 Å². The Kier molecular flexibility index (Phi) is 2.89. The number of aromatic amines is 1. The normalized spacial score (nSPS) is 10.1. The summed E-state index contributed by atoms with van der Waals surface area (Å²) in [5.41, 5.74) is 0.966. The van der Waals surface area contributed by atoms with Crippen LogP contribution < -0.4 is 5.32 Å². The van der Waals surface area contributed by atoms with Crippen molar-refractivity contribution < 1.29 is 0 Å². The van der Waals surface area contributed by atoms with Gasteiger partial charge in [0, 0.05) is 6.54 Å². The molecule has 0 atom stereocenters. The van der Waals surface area contributed by atoms with Crippen LogP contribution in [-0.2, 0) is 6.54 Å². The second-order valence-corrected chi connectivity index (χ2v) is 2.14. The third-order valence-corrected chi connectivity index (χ3v) is 1.20. The fraction of sp³-hybridized carbons (Fsp3) is 0.667. The van der Waals surface area contributed by atoms with E-state index in [9.17, 15) is 0 Å². The van der Waals surface area contributed by atoms with Gasteiger partial charge < -0.3 is 5.32 Å². The van der Waals surface area contributed by atoms with Crippen LogP contribution in [-0.4, -0.2) is 22.0 Å². The van der Waals surface area contributed by atoms with Gasteiger partial charge in [-0.25, -0.2) is 0 Å². The lowest BCUT2D eigenvalue weighted by atomic mass is 10.4. The van der Waals surface area contributed by atoms with Gasteiger partial charge in [-0.3, -0.25) is 0 Å². The van der Waals surface area contributed by atoms with Crippen LogP contribution >= 0.6 is 0 Å². The largest absolute Gasteiger partial charge is 0.311 e. The molecule has 0 unspecified atom stereocenters. The molecule has 0 radical (unpaired) electrons. The fourth-order valence-corrected chi connectivity index (χ4v) is 0.704. The van der Waals surface area contributed by atoms with Gasteiger partial charge in [-0.1, -0.05) is 6.92 Å². The van der Waals surface area contributed by atoms with E-state index in [1.165, 1.54) is 0 Å². The molecule has 0 saturated carbocycles. The molecule has 4 heteroatoms. The summed E-state index contributed by atoms with van der Waals surface area (Å²) in [6, 6.07) is 0. The Labute approximate surface area is 60.0 Å². The highest BCUT2D eigenvalue weighted by molar-refractivity contribution is 4.88. The van der Waals surface area contributed by atoms with Gasteiger partial charge in [0.25, 0.3) is 0 Å². The van der Waals surface area contributed by atoms with Gasteiger partial charge in [0.15, 0.2) is 0 Å². The summed E-state index contributed by atoms with van der Waals surface area (Å²) in [7, 11) is 0. The van der Waals surface area contributed by atoms with Crippen LogP contribution in [0.1, 0.15) is 19.0 Å². The second-order valence-electron chi connectivity index (χ2n) is 2.14. The first kappa shape index (κ1) is 7.21. The van der Waals surface area contributed by atoms with Gasteiger partial charge in [0.05, 0.1) is 11.9 Å². The molecular weight excluding hydrogens is 128 g/mol. The van der Waals surface area contributed by atoms with E-state index in [0.717, 1.165) is 25.2 Å². The highest BCUT2D eigenvalue weighted by Crippen LogP contribution is 1.85. The zero-order valence-electron chi connectivity index (χ0n) is 6.09. The number of H-pyrrole nitrogens is 1. The topological polar surface area (TPSA) is 53.6 Å². The minimum absolute atomic E-state index is 0.810. The number of nitrogens with zero attached hydrogens (tertiary/aromatic N) is 2. The average molecular weight is 140 g/mol. The SMILES string of the molecule is CCCNCc1cn[nH]n1. The molecule has 0 spiro atoms. The van der Waals surface area contributed by atoms with Crippen LogP contribution in [0.4, 0.5) is 0 Å². The van der Waals surface area contributed by atoms with Crippen LogP contribution in [0.2, 0.25) is 0 Å². The summed E-state index contributed by atoms with van der Waals surface area (Å²) in [6.07, 6.45) is 2.88. The van der Waals surface area contributed by atoms with E-state index in [2.05, 4.69) is 27.7 Å². The molecule has 0 aliphatic heterocycles. The molecule has 0 aromatic carbocycles. The Balaban J connectivity index is 2.15. The molecule has 1 heterocycles. The Bertz CT molecular complexity index is 158. The molecule has 1 rings (SSSR count). The molecule has 0 bridgehead atoms. The molecular formula is C6H12N4. The van der Waals surface area contributed by atoms with Gasteiger partial charge in [-0.15, -0.1) is 0 Å². The fourth-order valence-electron chi connectivity index (χ4n) is 0.704. The van der Waals surface area contributed by atoms with Crippen molar-refractivity contribution in [1.29, 1.82) is 0 Å². The van der Waals surface area contributed by atoms with E-state index in [4.69, 9.17) is 0 Å². The van der Waals surface area contributed by atoms with E-state index in [-0.39, 0.29) is 0 Å². The minimum atomic E-state index is 0.810. The van der Waals surface area contributed by atoms with Crippen molar-refractivity contribution in [2.75, 3.05) is 6.54 Å². The number of hydrogen-bond acceptors (Lipinski definition) is 3. The van der Waals surface area contributed by atoms with E-state index in [1.807, 2.05) is 0 Å². The third-order valence-electron chi connectivity index (χ3n) is 1.20. The maximum Gasteiger partial charge on any atom is 0.0962 e. The van der Waals surface area contributed by atoms with Gasteiger partial charge in [-0.2, -0.15) is 15.4 Å². The van der Waals surface area contributed by atoms with Gasteiger partial charge in [-0.05, 0) is 13.0 Å². The van der Waals surface area contributed by atoms with Crippen molar-refractivity contribution in [3.8, 4) is 0 Å². The molecule has 4 nitrogen and oxygen atoms in total. The monoisotopic (exact) mass is 140 g/mol. The molecule has 1 aromatic rings. The molecule has 10 heavy (non-hydrogen) atoms. The summed E-state index contributed by atoms with van der Waals surface area (Å²) >= 11 is 0. The summed E-state index contributed by atoms with van der Waals surface area (Å²) in [5.74, 6) is 0. The predicted octanol–water partition coefficient (Wildman–Crippen LogP) is 0.304. The Morgan fingerprint density at radius 2 is 2.60 bits per heavy atom. The lowest BCUT2D eigenvalue weighted by Crippen LogP contribution is -2.13. The number of hydrogen-bond donors (Lipinski definition) is 2. The van der Waals surface area contributed by atoms with Crippen LogP contribution in [0, 0.1) is 0 Å². The minimum Gasteiger partial charge on any atom is -0.311 e. The van der Waals surface area contributed by atoms with Gasteiger partial charge in [0.1, 0.15) is 0 Å². The van der Waals surface area contributed by atoms with E-state index in [0.29, 0.717) is 0 Å². The first-order chi connectivity index (χ1) is 4.93. The quantitative estimate of drug-likeness (QED) is 0.591. The molecule has 0 fully saturated rings. The van der Waals surface area contributed by atoms with Crippen LogP contribution in [0.3, 0.4) is 0 Å². The van der Waals surface area contributed by atoms with Crippen molar-refractivity contribution in [2.45, 2.75) is 19.9 Å². The molecule has 1 aromatic heterocycles. The third kappa shape index (κ3) is 2.14. The highest BCUT2D eigenvalue weighted by atomic mass is 15.3. The standard InChI is InChI=1S/C6H12N4/c1-2-3-7-4-6-5-8-10-9-6/h5,7H,2-4H2,1H3,(H,8,9,10). The lowest BCUT2D eigenvalue weighted by Gasteiger charge is -1.96. The molecule has 0 aliphatic carbocycles. The van der Waals surface area contributed by atoms with E-state index in [1.54, 1.807) is 6.20 Å². The van der Waals surface area contributed by atoms with Crippen LogP contribution in [0.5, 0.6) is 0 Å². The first-order valence-corrected chi connectivity index (χ1v) is 3.49. The summed E-state index contributed by atoms with van der Waals surface area (Å²) in [5, 5.41) is 13.3. The smallest absolute Gasteiger partial charge is 0.0962 e. The van der Waals surface area contributed by atoms with Crippen LogP contribution in [0.25, 0.3) is 0 Å². The number of rotatable bonds is 4. The van der Waals surface area contributed by atoms with Gasteiger partial charge in [0.2, 0.25) is 0 Å². The zero-order chi connectivity index (χ0) is 7.23. The van der Waals surface area contributed by atoms with Crippen LogP contribution in [0.15, 0.2) is 6.20 Å². The molecule has 0 amide bonds. The van der Waals surface area contributed by atoms with E-state index >= 15 is 0 Å². The predicted molar refractivity (Wildman–Crippen MR) is 38.4 cm³/mol. The summed E-state index contributed by atoms with van der Waals surface area (Å²) < 4.78 is 0. The summed E-state index contributed by atoms with van der Waals surface area (Å²) in [6.45, 7) is 3.98. The Morgan fingerprint density at radius 3 is 3.20 bits per heavy atom. The Hall–Kier alpha value is -0.900. The maximum absolute atomic E-state index is 3.89. The first-order valence-electron chi connectivity index (χ1n) is 3.49. The van der Waals surface area contributed by atoms with Crippen molar-refractivity contribution in [3.05, 3.63) is 11.9 Å². The van der Waals surface area contributed by atoms with Crippen molar-refractivity contribution in [3.63, 3.8) is 0 Å². The number of nitrogens with one attached hydrogen (secondary N) is 2. The number of aromatic nitrogens is 3. The zero-order valence-corrected chi connectivity index (χ0v) is 6.09. The van der Waals surface area contributed by atoms with E-state index < -0.39 is 0 Å². The Morgan fingerprint density at radius 1 is 1.70 bits per heavy atom. The lowest BCUT2D eigenvalue weighted by molar-refractivity contribution is 0.662. The highest BCUT2D eigenvalue weighted by Gasteiger charge is 1.91. The molecule has 56 valence electrons. The molecule has 2 N–H and O–H groups in total. The summed E-state index contributed by atoms with van der Waals surface area (Å²) in [4.78, 5) is 0. The molecule has 0 aliphatic rings. The second kappa shape index (κ2) is 4.00. The molecule has 0 saturated heterocycles. The van der Waals surface area contributed by atoms with Crippen molar-refractivity contribution in [2.24, 2.45) is 0 Å².